The molecule has 2 aromatic rings. The number of anilines is 1. The van der Waals surface area contributed by atoms with E-state index in [1.165, 1.54) is 13.8 Å². The average Bonchev–Trinajstić information content (AvgIpc) is 2.61. The molecule has 2 rings (SSSR count). The van der Waals surface area contributed by atoms with Gasteiger partial charge in [-0.1, -0.05) is 28.1 Å². The zero-order valence-corrected chi connectivity index (χ0v) is 15.9. The topological polar surface area (TPSA) is 81.7 Å². The largest absolute Gasteiger partial charge is 0.482 e. The zero-order valence-electron chi connectivity index (χ0n) is 14.3. The number of hydrogen-bond acceptors (Lipinski definition) is 5. The highest BCUT2D eigenvalue weighted by molar-refractivity contribution is 9.10. The first-order valence-corrected chi connectivity index (χ1v) is 8.64. The van der Waals surface area contributed by atoms with Crippen LogP contribution in [-0.2, 0) is 14.3 Å². The molecule has 6 nitrogen and oxygen atoms in total. The molecule has 0 bridgehead atoms. The van der Waals surface area contributed by atoms with Gasteiger partial charge in [0.2, 0.25) is 0 Å². The molecule has 0 fully saturated rings. The second-order valence-electron chi connectivity index (χ2n) is 5.50. The van der Waals surface area contributed by atoms with Crippen molar-refractivity contribution >= 4 is 39.3 Å². The molecule has 0 heterocycles. The van der Waals surface area contributed by atoms with E-state index in [1.807, 2.05) is 0 Å². The molecule has 0 spiro atoms. The number of Topliss-reactive ketones (excluding diaryl/α,β-unsaturated/α-hetero) is 1. The molecule has 1 unspecified atom stereocenters. The fourth-order valence-electron chi connectivity index (χ4n) is 2.02. The summed E-state index contributed by atoms with van der Waals surface area (Å²) in [6.07, 6.45) is -1.00. The quantitative estimate of drug-likeness (QED) is 0.547. The van der Waals surface area contributed by atoms with Crippen LogP contribution >= 0.6 is 15.9 Å². The van der Waals surface area contributed by atoms with Gasteiger partial charge in [-0.2, -0.15) is 0 Å². The molecule has 1 atom stereocenters. The first kappa shape index (κ1) is 19.7. The molecule has 7 heteroatoms. The lowest BCUT2D eigenvalue weighted by Crippen LogP contribution is -2.31. The average molecular weight is 420 g/mol. The predicted octanol–water partition coefficient (Wildman–Crippen LogP) is 3.60. The van der Waals surface area contributed by atoms with Gasteiger partial charge in [0.1, 0.15) is 5.75 Å². The second kappa shape index (κ2) is 9.15. The van der Waals surface area contributed by atoms with Crippen molar-refractivity contribution in [3.63, 3.8) is 0 Å². The van der Waals surface area contributed by atoms with E-state index in [-0.39, 0.29) is 12.4 Å². The maximum atomic E-state index is 12.1. The lowest BCUT2D eigenvalue weighted by atomic mass is 10.1. The third kappa shape index (κ3) is 6.00. The van der Waals surface area contributed by atoms with Gasteiger partial charge in [-0.15, -0.1) is 0 Å². The summed E-state index contributed by atoms with van der Waals surface area (Å²) in [5, 5.41) is 2.61. The molecule has 2 aromatic carbocycles. The van der Waals surface area contributed by atoms with Crippen molar-refractivity contribution in [2.24, 2.45) is 0 Å². The molecule has 0 saturated heterocycles. The van der Waals surface area contributed by atoms with Crippen molar-refractivity contribution in [2.45, 2.75) is 20.0 Å². The summed E-state index contributed by atoms with van der Waals surface area (Å²) in [7, 11) is 0. The van der Waals surface area contributed by atoms with Gasteiger partial charge < -0.3 is 14.8 Å². The summed E-state index contributed by atoms with van der Waals surface area (Å²) in [5.74, 6) is -0.746. The Hall–Kier alpha value is -2.67. The van der Waals surface area contributed by atoms with Crippen LogP contribution in [0, 0.1) is 0 Å². The second-order valence-corrected chi connectivity index (χ2v) is 6.42. The Morgan fingerprint density at radius 1 is 1.12 bits per heavy atom. The molecule has 0 aromatic heterocycles. The standard InChI is InChI=1S/C19H18BrNO5/c1-12(22)14-4-3-5-16(10-14)21-19(24)13(2)26-18(23)11-25-17-8-6-15(20)7-9-17/h3-10,13H,11H2,1-2H3,(H,21,24). The molecule has 136 valence electrons. The highest BCUT2D eigenvalue weighted by Gasteiger charge is 2.18. The van der Waals surface area contributed by atoms with Crippen LogP contribution in [0.2, 0.25) is 0 Å². The van der Waals surface area contributed by atoms with Gasteiger partial charge in [-0.25, -0.2) is 4.79 Å². The molecule has 0 radical (unpaired) electrons. The summed E-state index contributed by atoms with van der Waals surface area (Å²) in [6.45, 7) is 2.59. The number of benzene rings is 2. The van der Waals surface area contributed by atoms with Gasteiger partial charge in [0.25, 0.3) is 5.91 Å². The number of nitrogens with one attached hydrogen (secondary N) is 1. The van der Waals surface area contributed by atoms with Crippen LogP contribution in [0.25, 0.3) is 0 Å². The summed E-state index contributed by atoms with van der Waals surface area (Å²) in [5.41, 5.74) is 0.937. The van der Waals surface area contributed by atoms with Crippen LogP contribution in [0.15, 0.2) is 53.0 Å². The Kier molecular flexibility index (Phi) is 6.91. The Balaban J connectivity index is 1.84. The fourth-order valence-corrected chi connectivity index (χ4v) is 2.28. The monoisotopic (exact) mass is 419 g/mol. The minimum Gasteiger partial charge on any atom is -0.482 e. The summed E-state index contributed by atoms with van der Waals surface area (Å²) in [6, 6.07) is 13.5. The predicted molar refractivity (Wildman–Crippen MR) is 100 cm³/mol. The Morgan fingerprint density at radius 3 is 2.46 bits per heavy atom. The van der Waals surface area contributed by atoms with Crippen molar-refractivity contribution in [3.8, 4) is 5.75 Å². The molecule has 0 aliphatic carbocycles. The number of halogens is 1. The smallest absolute Gasteiger partial charge is 0.344 e. The van der Waals surface area contributed by atoms with E-state index in [1.54, 1.807) is 48.5 Å². The van der Waals surface area contributed by atoms with E-state index in [0.29, 0.717) is 17.0 Å². The summed E-state index contributed by atoms with van der Waals surface area (Å²) in [4.78, 5) is 35.3. The van der Waals surface area contributed by atoms with E-state index in [2.05, 4.69) is 21.2 Å². The van der Waals surface area contributed by atoms with E-state index >= 15 is 0 Å². The Morgan fingerprint density at radius 2 is 1.81 bits per heavy atom. The number of ketones is 1. The number of ether oxygens (including phenoxy) is 2. The molecular weight excluding hydrogens is 402 g/mol. The van der Waals surface area contributed by atoms with Gasteiger partial charge in [0, 0.05) is 15.7 Å². The van der Waals surface area contributed by atoms with Gasteiger partial charge in [0.05, 0.1) is 0 Å². The van der Waals surface area contributed by atoms with E-state index < -0.39 is 18.0 Å². The fraction of sp³-hybridized carbons (Fsp3) is 0.211. The normalized spacial score (nSPS) is 11.3. The molecule has 26 heavy (non-hydrogen) atoms. The van der Waals surface area contributed by atoms with Crippen molar-refractivity contribution in [3.05, 3.63) is 58.6 Å². The van der Waals surface area contributed by atoms with Gasteiger partial charge in [-0.05, 0) is 50.2 Å². The first-order valence-electron chi connectivity index (χ1n) is 7.85. The van der Waals surface area contributed by atoms with Crippen LogP contribution in [0.4, 0.5) is 5.69 Å². The number of amides is 1. The maximum absolute atomic E-state index is 12.1. The first-order chi connectivity index (χ1) is 12.3. The minimum atomic E-state index is -1.00. The molecule has 0 saturated carbocycles. The number of hydrogen-bond donors (Lipinski definition) is 1. The molecule has 1 amide bonds. The van der Waals surface area contributed by atoms with E-state index in [4.69, 9.17) is 9.47 Å². The third-order valence-electron chi connectivity index (χ3n) is 3.38. The van der Waals surface area contributed by atoms with Crippen molar-refractivity contribution in [1.82, 2.24) is 0 Å². The summed E-state index contributed by atoms with van der Waals surface area (Å²) < 4.78 is 11.2. The lowest BCUT2D eigenvalue weighted by Gasteiger charge is -2.14. The van der Waals surface area contributed by atoms with Crippen LogP contribution < -0.4 is 10.1 Å². The van der Waals surface area contributed by atoms with Crippen LogP contribution in [0.5, 0.6) is 5.75 Å². The van der Waals surface area contributed by atoms with Gasteiger partial charge >= 0.3 is 5.97 Å². The molecular formula is C19H18BrNO5. The highest BCUT2D eigenvalue weighted by atomic mass is 79.9. The Labute approximate surface area is 159 Å². The lowest BCUT2D eigenvalue weighted by molar-refractivity contribution is -0.155. The van der Waals surface area contributed by atoms with Crippen LogP contribution in [0.1, 0.15) is 24.2 Å². The van der Waals surface area contributed by atoms with Crippen molar-refractivity contribution in [1.29, 1.82) is 0 Å². The highest BCUT2D eigenvalue weighted by Crippen LogP contribution is 2.16. The molecule has 1 N–H and O–H groups in total. The van der Waals surface area contributed by atoms with Crippen molar-refractivity contribution < 1.29 is 23.9 Å². The number of carbonyl (C=O) groups is 3. The maximum Gasteiger partial charge on any atom is 0.344 e. The Bertz CT molecular complexity index is 804. The molecule has 0 aliphatic heterocycles. The minimum absolute atomic E-state index is 0.106. The molecule has 0 aliphatic rings. The number of carbonyl (C=O) groups excluding carboxylic acids is 3. The number of rotatable bonds is 7. The SMILES string of the molecule is CC(=O)c1cccc(NC(=O)C(C)OC(=O)COc2ccc(Br)cc2)c1. The third-order valence-corrected chi connectivity index (χ3v) is 3.91. The van der Waals surface area contributed by atoms with E-state index in [0.717, 1.165) is 4.47 Å². The van der Waals surface area contributed by atoms with Crippen molar-refractivity contribution in [2.75, 3.05) is 11.9 Å². The summed E-state index contributed by atoms with van der Waals surface area (Å²) >= 11 is 3.30. The van der Waals surface area contributed by atoms with Gasteiger partial charge in [-0.3, -0.25) is 9.59 Å². The van der Waals surface area contributed by atoms with Gasteiger partial charge in [0.15, 0.2) is 18.5 Å². The van der Waals surface area contributed by atoms with Crippen LogP contribution in [0.3, 0.4) is 0 Å². The zero-order chi connectivity index (χ0) is 19.1. The van der Waals surface area contributed by atoms with E-state index in [9.17, 15) is 14.4 Å². The van der Waals surface area contributed by atoms with Crippen LogP contribution in [-0.4, -0.2) is 30.4 Å². The number of esters is 1.